The minimum atomic E-state index is -0.714. The largest absolute Gasteiger partial charge is 0.467 e. The Morgan fingerprint density at radius 2 is 2.21 bits per heavy atom. The average Bonchev–Trinajstić information content (AvgIpc) is 3.48. The lowest BCUT2D eigenvalue weighted by Gasteiger charge is -2.24. The van der Waals surface area contributed by atoms with E-state index in [4.69, 9.17) is 4.74 Å². The maximum absolute atomic E-state index is 12.8. The van der Waals surface area contributed by atoms with Crippen LogP contribution in [0, 0.1) is 0 Å². The molecule has 29 heavy (non-hydrogen) atoms. The number of benzene rings is 1. The summed E-state index contributed by atoms with van der Waals surface area (Å²) in [7, 11) is 1.35. The van der Waals surface area contributed by atoms with E-state index in [2.05, 4.69) is 32.0 Å². The minimum absolute atomic E-state index is 0.151. The fourth-order valence-electron chi connectivity index (χ4n) is 4.14. The van der Waals surface area contributed by atoms with Gasteiger partial charge in [-0.05, 0) is 53.4 Å². The molecule has 2 aromatic heterocycles. The van der Waals surface area contributed by atoms with Crippen molar-refractivity contribution in [2.45, 2.75) is 31.3 Å². The number of hydrogen-bond donors (Lipinski definition) is 2. The second-order valence-electron chi connectivity index (χ2n) is 7.39. The molecule has 7 heteroatoms. The molecule has 1 aromatic carbocycles. The zero-order chi connectivity index (χ0) is 20.2. The van der Waals surface area contributed by atoms with Gasteiger partial charge in [-0.25, -0.2) is 4.79 Å². The number of rotatable bonds is 7. The molecule has 0 saturated carbocycles. The number of fused-ring (bicyclic) bond motifs is 1. The van der Waals surface area contributed by atoms with Crippen molar-refractivity contribution >= 4 is 34.1 Å². The van der Waals surface area contributed by atoms with E-state index in [1.165, 1.54) is 12.7 Å². The van der Waals surface area contributed by atoms with E-state index in [-0.39, 0.29) is 18.5 Å². The summed E-state index contributed by atoms with van der Waals surface area (Å²) in [5, 5.41) is 8.16. The van der Waals surface area contributed by atoms with Gasteiger partial charge in [0.2, 0.25) is 5.91 Å². The Labute approximate surface area is 173 Å². The molecule has 1 amide bonds. The molecule has 1 fully saturated rings. The Balaban J connectivity index is 1.44. The number of nitrogens with one attached hydrogen (secondary N) is 2. The topological polar surface area (TPSA) is 74.4 Å². The number of aromatic amines is 1. The molecule has 3 heterocycles. The number of amides is 1. The number of nitrogens with zero attached hydrogens (tertiary/aromatic N) is 1. The fraction of sp³-hybridized carbons (Fsp3) is 0.364. The Hall–Kier alpha value is -2.64. The molecular formula is C22H25N3O3S. The molecule has 2 unspecified atom stereocenters. The first-order valence-electron chi connectivity index (χ1n) is 9.84. The summed E-state index contributed by atoms with van der Waals surface area (Å²) in [6.45, 7) is 1.17. The van der Waals surface area contributed by atoms with Gasteiger partial charge in [-0.15, -0.1) is 0 Å². The first-order chi connectivity index (χ1) is 14.2. The number of carbonyl (C=O) groups is 2. The maximum atomic E-state index is 12.8. The number of ether oxygens (including phenoxy) is 1. The molecule has 6 nitrogen and oxygen atoms in total. The van der Waals surface area contributed by atoms with E-state index in [0.29, 0.717) is 6.42 Å². The first-order valence-corrected chi connectivity index (χ1v) is 10.8. The van der Waals surface area contributed by atoms with Gasteiger partial charge in [-0.3, -0.25) is 9.69 Å². The maximum Gasteiger partial charge on any atom is 0.328 e. The minimum Gasteiger partial charge on any atom is -0.467 e. The third-order valence-electron chi connectivity index (χ3n) is 5.56. The lowest BCUT2D eigenvalue weighted by atomic mass is 10.0. The van der Waals surface area contributed by atoms with Crippen LogP contribution in [0.4, 0.5) is 0 Å². The van der Waals surface area contributed by atoms with E-state index in [0.717, 1.165) is 35.9 Å². The van der Waals surface area contributed by atoms with Crippen molar-refractivity contribution in [1.82, 2.24) is 15.2 Å². The van der Waals surface area contributed by atoms with Crippen LogP contribution in [0.3, 0.4) is 0 Å². The van der Waals surface area contributed by atoms with Gasteiger partial charge in [0, 0.05) is 29.6 Å². The van der Waals surface area contributed by atoms with Crippen LogP contribution < -0.4 is 5.32 Å². The van der Waals surface area contributed by atoms with Gasteiger partial charge in [0.05, 0.1) is 13.7 Å². The van der Waals surface area contributed by atoms with Crippen molar-refractivity contribution in [2.75, 3.05) is 20.2 Å². The number of likely N-dealkylation sites (tertiary alicyclic amines) is 1. The summed E-state index contributed by atoms with van der Waals surface area (Å²) in [4.78, 5) is 30.5. The summed E-state index contributed by atoms with van der Waals surface area (Å²) in [5.74, 6) is -0.582. The highest BCUT2D eigenvalue weighted by atomic mass is 32.1. The molecule has 0 spiro atoms. The van der Waals surface area contributed by atoms with Crippen molar-refractivity contribution in [3.63, 3.8) is 0 Å². The number of esters is 1. The van der Waals surface area contributed by atoms with E-state index < -0.39 is 12.0 Å². The smallest absolute Gasteiger partial charge is 0.328 e. The molecule has 0 radical (unpaired) electrons. The molecule has 0 bridgehead atoms. The third kappa shape index (κ3) is 4.36. The predicted molar refractivity (Wildman–Crippen MR) is 114 cm³/mol. The number of H-pyrrole nitrogens is 1. The molecule has 1 aliphatic heterocycles. The standard InChI is InChI=1S/C22H25N3O3S/c1-28-22(27)19(11-16-12-23-18-6-3-2-5-17(16)18)24-21(26)13-25-9-4-7-20(25)15-8-10-29-14-15/h2-3,5-6,8,10,12,14,19-20,23H,4,7,9,11,13H2,1H3,(H,24,26). The van der Waals surface area contributed by atoms with Gasteiger partial charge in [0.25, 0.3) is 0 Å². The van der Waals surface area contributed by atoms with Crippen LogP contribution in [-0.2, 0) is 20.7 Å². The van der Waals surface area contributed by atoms with Crippen LogP contribution >= 0.6 is 11.3 Å². The van der Waals surface area contributed by atoms with Gasteiger partial charge in [0.15, 0.2) is 0 Å². The molecule has 152 valence electrons. The Bertz CT molecular complexity index is 982. The third-order valence-corrected chi connectivity index (χ3v) is 6.26. The number of aromatic nitrogens is 1. The van der Waals surface area contributed by atoms with Crippen molar-refractivity contribution in [3.05, 3.63) is 58.4 Å². The highest BCUT2D eigenvalue weighted by molar-refractivity contribution is 7.07. The van der Waals surface area contributed by atoms with Gasteiger partial charge in [-0.2, -0.15) is 11.3 Å². The number of para-hydroxylation sites is 1. The van der Waals surface area contributed by atoms with Crippen LogP contribution in [-0.4, -0.2) is 48.0 Å². The van der Waals surface area contributed by atoms with Crippen molar-refractivity contribution in [1.29, 1.82) is 0 Å². The number of carbonyl (C=O) groups excluding carboxylic acids is 2. The van der Waals surface area contributed by atoms with E-state index in [1.807, 2.05) is 30.5 Å². The van der Waals surface area contributed by atoms with Crippen LogP contribution in [0.5, 0.6) is 0 Å². The zero-order valence-corrected chi connectivity index (χ0v) is 17.2. The first kappa shape index (κ1) is 19.7. The summed E-state index contributed by atoms with van der Waals surface area (Å²) in [6, 6.07) is 9.60. The van der Waals surface area contributed by atoms with Gasteiger partial charge < -0.3 is 15.0 Å². The zero-order valence-electron chi connectivity index (χ0n) is 16.4. The van der Waals surface area contributed by atoms with Crippen LogP contribution in [0.25, 0.3) is 10.9 Å². The molecule has 2 atom stereocenters. The highest BCUT2D eigenvalue weighted by Gasteiger charge is 2.30. The van der Waals surface area contributed by atoms with Crippen molar-refractivity contribution in [2.24, 2.45) is 0 Å². The molecule has 2 N–H and O–H groups in total. The molecular weight excluding hydrogens is 386 g/mol. The Morgan fingerprint density at radius 1 is 1.34 bits per heavy atom. The second-order valence-corrected chi connectivity index (χ2v) is 8.17. The SMILES string of the molecule is COC(=O)C(Cc1c[nH]c2ccccc12)NC(=O)CN1CCCC1c1ccsc1. The normalized spacial score (nSPS) is 18.0. The van der Waals surface area contributed by atoms with Crippen LogP contribution in [0.2, 0.25) is 0 Å². The van der Waals surface area contributed by atoms with Crippen LogP contribution in [0.1, 0.15) is 30.0 Å². The monoisotopic (exact) mass is 411 g/mol. The van der Waals surface area contributed by atoms with E-state index >= 15 is 0 Å². The second kappa shape index (κ2) is 8.80. The summed E-state index contributed by atoms with van der Waals surface area (Å²) in [5.41, 5.74) is 3.25. The number of methoxy groups -OCH3 is 1. The number of thiophene rings is 1. The van der Waals surface area contributed by atoms with E-state index in [1.54, 1.807) is 11.3 Å². The van der Waals surface area contributed by atoms with E-state index in [9.17, 15) is 9.59 Å². The molecule has 3 aromatic rings. The van der Waals surface area contributed by atoms with Gasteiger partial charge in [-0.1, -0.05) is 18.2 Å². The lowest BCUT2D eigenvalue weighted by molar-refractivity contribution is -0.145. The van der Waals surface area contributed by atoms with Crippen molar-refractivity contribution in [3.8, 4) is 0 Å². The molecule has 1 aliphatic rings. The summed E-state index contributed by atoms with van der Waals surface area (Å²) in [6.07, 6.45) is 4.40. The quantitative estimate of drug-likeness (QED) is 0.585. The fourth-order valence-corrected chi connectivity index (χ4v) is 4.84. The van der Waals surface area contributed by atoms with Gasteiger partial charge in [0.1, 0.15) is 6.04 Å². The van der Waals surface area contributed by atoms with Crippen molar-refractivity contribution < 1.29 is 14.3 Å². The molecule has 1 saturated heterocycles. The van der Waals surface area contributed by atoms with Gasteiger partial charge >= 0.3 is 5.97 Å². The Morgan fingerprint density at radius 3 is 3.00 bits per heavy atom. The molecule has 4 rings (SSSR count). The predicted octanol–water partition coefficient (Wildman–Crippen LogP) is 3.27. The lowest BCUT2D eigenvalue weighted by Crippen LogP contribution is -2.47. The summed E-state index contributed by atoms with van der Waals surface area (Å²) < 4.78 is 4.95. The van der Waals surface area contributed by atoms with Crippen LogP contribution in [0.15, 0.2) is 47.3 Å². The summed E-state index contributed by atoms with van der Waals surface area (Å²) >= 11 is 1.68. The number of hydrogen-bond acceptors (Lipinski definition) is 5. The average molecular weight is 412 g/mol. The molecule has 0 aliphatic carbocycles. The highest BCUT2D eigenvalue weighted by Crippen LogP contribution is 2.32. The Kier molecular flexibility index (Phi) is 5.97.